The predicted molar refractivity (Wildman–Crippen MR) is 320 cm³/mol. The average molecular weight is 1220 g/mol. The number of rotatable bonds is 26. The van der Waals surface area contributed by atoms with E-state index in [0.29, 0.717) is 44.2 Å². The van der Waals surface area contributed by atoms with Gasteiger partial charge in [-0.25, -0.2) is 21.6 Å². The van der Waals surface area contributed by atoms with Crippen molar-refractivity contribution in [2.45, 2.75) is 124 Å². The Kier molecular flexibility index (Phi) is 20.6. The Hall–Kier alpha value is -6.53. The number of benzene rings is 4. The smallest absolute Gasteiger partial charge is 0.384 e. The number of halogens is 3. The molecule has 4 aliphatic rings. The lowest BCUT2D eigenvalue weighted by Crippen LogP contribution is -2.54. The van der Waals surface area contributed by atoms with Gasteiger partial charge < -0.3 is 20.4 Å². The standard InChI is InChI=1S/C61H75F3N8O9S3/c1-6-14-41(2)49-38-60(3,4)29-27-43(49)39-70-33-35-71(36-34-70)45-21-19-42(20-22-45)56(74)68-84(80,81)47-23-24-50(53(37-47)83(78,79)61(62,63)64)66-44(40-82-46-15-9-7-10-16-46)28-32-69(5)31-12-8-11-30-65-51-18-13-17-48-55(51)59(77)72(58(48)76)52-25-26-54(73)67-57(52)75/h7,9-10,13,15-24,37,44,52,65-66H,2,6,8,11-12,14,25-36,38-40H2,1,3-5H3,(H,68,74)(H,67,73,75)/t44-,52?/m1/s1. The summed E-state index contributed by atoms with van der Waals surface area (Å²) in [6.45, 7) is 16.8. The maximum atomic E-state index is 14.4. The Labute approximate surface area is 495 Å². The van der Waals surface area contributed by atoms with Gasteiger partial charge in [0.05, 0.1) is 21.7 Å². The summed E-state index contributed by atoms with van der Waals surface area (Å²) in [4.78, 5) is 70.8. The van der Waals surface area contributed by atoms with Gasteiger partial charge in [-0.1, -0.05) is 75.6 Å². The van der Waals surface area contributed by atoms with Crippen molar-refractivity contribution >= 4 is 78.2 Å². The van der Waals surface area contributed by atoms with Crippen LogP contribution in [0.15, 0.2) is 129 Å². The molecule has 0 aromatic heterocycles. The third kappa shape index (κ3) is 15.5. The molecule has 5 amide bonds. The van der Waals surface area contributed by atoms with Gasteiger partial charge in [-0.15, -0.1) is 11.8 Å². The number of amides is 5. The molecule has 452 valence electrons. The number of piperazine rings is 1. The van der Waals surface area contributed by atoms with Crippen LogP contribution < -0.4 is 25.6 Å². The quantitative estimate of drug-likeness (QED) is 0.0262. The first-order valence-corrected chi connectivity index (χ1v) is 32.5. The van der Waals surface area contributed by atoms with Gasteiger partial charge in [0, 0.05) is 79.3 Å². The van der Waals surface area contributed by atoms with Gasteiger partial charge in [-0.2, -0.15) is 13.2 Å². The number of hydrogen-bond acceptors (Lipinski definition) is 15. The number of anilines is 3. The summed E-state index contributed by atoms with van der Waals surface area (Å²) in [5.74, 6) is -3.12. The van der Waals surface area contributed by atoms with E-state index < -0.39 is 82.5 Å². The van der Waals surface area contributed by atoms with Crippen LogP contribution in [0, 0.1) is 5.41 Å². The lowest BCUT2D eigenvalue weighted by atomic mass is 9.72. The molecule has 8 rings (SSSR count). The number of sulfone groups is 1. The van der Waals surface area contributed by atoms with E-state index in [1.807, 2.05) is 47.0 Å². The number of carbonyl (C=O) groups excluding carboxylic acids is 5. The van der Waals surface area contributed by atoms with Gasteiger partial charge >= 0.3 is 5.51 Å². The van der Waals surface area contributed by atoms with Crippen LogP contribution in [0.5, 0.6) is 0 Å². The van der Waals surface area contributed by atoms with E-state index in [0.717, 1.165) is 105 Å². The van der Waals surface area contributed by atoms with Gasteiger partial charge in [0.1, 0.15) is 10.9 Å². The lowest BCUT2D eigenvalue weighted by Gasteiger charge is -2.39. The molecular formula is C61H75F3N8O9S3. The number of carbonyl (C=O) groups is 5. The number of allylic oxidation sites excluding steroid dienone is 2. The number of nitrogens with zero attached hydrogens (tertiary/aromatic N) is 4. The fourth-order valence-electron chi connectivity index (χ4n) is 11.2. The Morgan fingerprint density at radius 3 is 2.29 bits per heavy atom. The summed E-state index contributed by atoms with van der Waals surface area (Å²) in [6, 6.07) is 21.1. The molecule has 0 radical (unpaired) electrons. The van der Waals surface area contributed by atoms with Gasteiger partial charge in [-0.05, 0) is 149 Å². The molecule has 3 aliphatic heterocycles. The third-order valence-corrected chi connectivity index (χ3v) is 20.0. The van der Waals surface area contributed by atoms with E-state index in [-0.39, 0.29) is 40.7 Å². The second-order valence-corrected chi connectivity index (χ2v) is 27.5. The van der Waals surface area contributed by atoms with Crippen molar-refractivity contribution in [1.29, 1.82) is 0 Å². The van der Waals surface area contributed by atoms with Gasteiger partial charge in [0.25, 0.3) is 37.6 Å². The van der Waals surface area contributed by atoms with E-state index in [4.69, 9.17) is 0 Å². The molecule has 0 saturated carbocycles. The Morgan fingerprint density at radius 1 is 0.869 bits per heavy atom. The van der Waals surface area contributed by atoms with Crippen LogP contribution in [0.3, 0.4) is 0 Å². The van der Waals surface area contributed by atoms with Crippen molar-refractivity contribution in [3.05, 3.63) is 131 Å². The third-order valence-electron chi connectivity index (χ3n) is 15.9. The molecule has 4 aromatic rings. The van der Waals surface area contributed by atoms with E-state index in [2.05, 4.69) is 53.1 Å². The lowest BCUT2D eigenvalue weighted by molar-refractivity contribution is -0.136. The molecule has 1 aliphatic carbocycles. The SMILES string of the molecule is C=C(CCC)C1=C(CN2CCN(c3ccc(C(=O)NS(=O)(=O)c4ccc(N[C@H](CCN(C)CCCCCNc5cccc6c5C(=O)N(C5CCC(=O)NC5=O)C6=O)CSc5ccccc5)c(S(=O)(=O)C(F)(F)F)c4)cc3)CC2)CCC(C)(C)C1. The second-order valence-electron chi connectivity index (χ2n) is 22.8. The molecule has 4 aromatic carbocycles. The number of imide groups is 2. The van der Waals surface area contributed by atoms with E-state index in [1.165, 1.54) is 46.7 Å². The zero-order chi connectivity index (χ0) is 60.6. The fourth-order valence-corrected chi connectivity index (χ4v) is 14.2. The van der Waals surface area contributed by atoms with E-state index >= 15 is 0 Å². The highest BCUT2D eigenvalue weighted by Crippen LogP contribution is 2.43. The maximum Gasteiger partial charge on any atom is 0.501 e. The Balaban J connectivity index is 0.867. The molecule has 0 bridgehead atoms. The minimum Gasteiger partial charge on any atom is -0.384 e. The highest BCUT2D eigenvalue weighted by Gasteiger charge is 2.49. The van der Waals surface area contributed by atoms with Crippen molar-refractivity contribution in [2.75, 3.05) is 80.7 Å². The van der Waals surface area contributed by atoms with Crippen LogP contribution in [0.4, 0.5) is 30.2 Å². The van der Waals surface area contributed by atoms with Crippen LogP contribution in [0.1, 0.15) is 122 Å². The van der Waals surface area contributed by atoms with Crippen LogP contribution >= 0.6 is 11.8 Å². The number of nitrogens with one attached hydrogen (secondary N) is 4. The highest BCUT2D eigenvalue weighted by molar-refractivity contribution is 7.99. The molecule has 4 N–H and O–H groups in total. The topological polar surface area (TPSA) is 215 Å². The molecule has 0 spiro atoms. The first kappa shape index (κ1) is 63.5. The number of alkyl halides is 3. The van der Waals surface area contributed by atoms with Crippen LogP contribution in [-0.4, -0.2) is 144 Å². The fraction of sp³-hybridized carbons (Fsp3) is 0.459. The summed E-state index contributed by atoms with van der Waals surface area (Å²) in [5.41, 5.74) is -0.273. The number of fused-ring (bicyclic) bond motifs is 1. The first-order chi connectivity index (χ1) is 39.9. The van der Waals surface area contributed by atoms with Crippen LogP contribution in [-0.2, 0) is 29.4 Å². The largest absolute Gasteiger partial charge is 0.501 e. The Bertz CT molecular complexity index is 3370. The minimum atomic E-state index is -6.14. The molecule has 84 heavy (non-hydrogen) atoms. The van der Waals surface area contributed by atoms with Crippen molar-refractivity contribution in [3.63, 3.8) is 0 Å². The van der Waals surface area contributed by atoms with Crippen molar-refractivity contribution in [3.8, 4) is 0 Å². The Morgan fingerprint density at radius 2 is 1.60 bits per heavy atom. The second kappa shape index (κ2) is 27.2. The number of piperidine rings is 1. The molecule has 2 atom stereocenters. The van der Waals surface area contributed by atoms with Crippen molar-refractivity contribution in [2.24, 2.45) is 5.41 Å². The number of unbranched alkanes of at least 4 members (excludes halogenated alkanes) is 2. The molecule has 23 heteroatoms. The summed E-state index contributed by atoms with van der Waals surface area (Å²) in [6.07, 6.45) is 7.83. The number of thioether (sulfide) groups is 1. The molecule has 3 heterocycles. The monoisotopic (exact) mass is 1220 g/mol. The molecule has 1 unspecified atom stereocenters. The summed E-state index contributed by atoms with van der Waals surface area (Å²) < 4.78 is 99.4. The van der Waals surface area contributed by atoms with Crippen LogP contribution in [0.25, 0.3) is 0 Å². The zero-order valence-electron chi connectivity index (χ0n) is 48.0. The maximum absolute atomic E-state index is 14.4. The van der Waals surface area contributed by atoms with E-state index in [9.17, 15) is 54.0 Å². The molecular weight excluding hydrogens is 1140 g/mol. The highest BCUT2D eigenvalue weighted by atomic mass is 32.2. The van der Waals surface area contributed by atoms with Gasteiger partial charge in [0.15, 0.2) is 0 Å². The minimum absolute atomic E-state index is 0.00911. The summed E-state index contributed by atoms with van der Waals surface area (Å²) in [7, 11) is -9.17. The van der Waals surface area contributed by atoms with Crippen molar-refractivity contribution in [1.82, 2.24) is 24.7 Å². The molecule has 2 fully saturated rings. The summed E-state index contributed by atoms with van der Waals surface area (Å²) >= 11 is 1.40. The number of sulfonamides is 1. The van der Waals surface area contributed by atoms with Crippen LogP contribution in [0.2, 0.25) is 0 Å². The van der Waals surface area contributed by atoms with E-state index in [1.54, 1.807) is 24.3 Å². The molecule has 2 saturated heterocycles. The van der Waals surface area contributed by atoms with Gasteiger partial charge in [-0.3, -0.25) is 39.1 Å². The zero-order valence-corrected chi connectivity index (χ0v) is 50.4. The van der Waals surface area contributed by atoms with Gasteiger partial charge in [0.2, 0.25) is 11.8 Å². The normalized spacial score (nSPS) is 18.2. The molecule has 17 nitrogen and oxygen atoms in total. The predicted octanol–water partition coefficient (Wildman–Crippen LogP) is 9.66. The first-order valence-electron chi connectivity index (χ1n) is 28.6. The summed E-state index contributed by atoms with van der Waals surface area (Å²) in [5, 5.41) is 8.44. The average Bonchev–Trinajstić information content (AvgIpc) is 1.57. The van der Waals surface area contributed by atoms with Crippen molar-refractivity contribution < 1.29 is 54.0 Å². The number of hydrogen-bond donors (Lipinski definition) is 4.